The molecule has 2 aromatic rings. The van der Waals surface area contributed by atoms with E-state index in [-0.39, 0.29) is 6.61 Å². The normalized spacial score (nSPS) is 16.4. The molecule has 24 heavy (non-hydrogen) atoms. The highest BCUT2D eigenvalue weighted by atomic mass is 16.5. The molecule has 1 unspecified atom stereocenters. The van der Waals surface area contributed by atoms with Crippen molar-refractivity contribution >= 4 is 11.8 Å². The van der Waals surface area contributed by atoms with Crippen LogP contribution in [0.4, 0.5) is 0 Å². The van der Waals surface area contributed by atoms with E-state index in [2.05, 4.69) is 36.2 Å². The maximum Gasteiger partial charge on any atom is 0.271 e. The minimum Gasteiger partial charge on any atom is -0.475 e. The first-order valence-corrected chi connectivity index (χ1v) is 8.05. The van der Waals surface area contributed by atoms with E-state index in [1.54, 1.807) is 5.48 Å². The van der Waals surface area contributed by atoms with Gasteiger partial charge in [-0.3, -0.25) is 10.0 Å². The number of hydroxylamine groups is 1. The summed E-state index contributed by atoms with van der Waals surface area (Å²) in [4.78, 5) is 15.5. The van der Waals surface area contributed by atoms with E-state index in [9.17, 15) is 4.79 Å². The van der Waals surface area contributed by atoms with Gasteiger partial charge in [0.15, 0.2) is 6.04 Å². The number of rotatable bonds is 5. The topological polar surface area (TPSA) is 70.9 Å². The molecule has 0 fully saturated rings. The molecule has 0 spiro atoms. The SMILES string of the molecule is CCCc1ccc(-c2ccc(C3=NC(C(=O)NO)CO3)cc2)cc1. The molecule has 0 saturated heterocycles. The van der Waals surface area contributed by atoms with E-state index in [1.807, 2.05) is 24.3 Å². The lowest BCUT2D eigenvalue weighted by Gasteiger charge is -2.06. The quantitative estimate of drug-likeness (QED) is 0.656. The maximum atomic E-state index is 11.4. The number of nitrogens with one attached hydrogen (secondary N) is 1. The number of hydrogen-bond donors (Lipinski definition) is 2. The first-order chi connectivity index (χ1) is 11.7. The zero-order valence-electron chi connectivity index (χ0n) is 13.5. The molecule has 2 N–H and O–H groups in total. The van der Waals surface area contributed by atoms with Crippen molar-refractivity contribution in [1.82, 2.24) is 5.48 Å². The monoisotopic (exact) mass is 324 g/mol. The molecule has 5 nitrogen and oxygen atoms in total. The zero-order valence-corrected chi connectivity index (χ0v) is 13.5. The molecule has 0 radical (unpaired) electrons. The Kier molecular flexibility index (Phi) is 4.91. The highest BCUT2D eigenvalue weighted by molar-refractivity contribution is 5.98. The molecule has 2 aromatic carbocycles. The van der Waals surface area contributed by atoms with E-state index >= 15 is 0 Å². The van der Waals surface area contributed by atoms with Gasteiger partial charge < -0.3 is 4.74 Å². The van der Waals surface area contributed by atoms with Gasteiger partial charge >= 0.3 is 0 Å². The van der Waals surface area contributed by atoms with Crippen LogP contribution in [0.3, 0.4) is 0 Å². The highest BCUT2D eigenvalue weighted by Gasteiger charge is 2.26. The summed E-state index contributed by atoms with van der Waals surface area (Å²) < 4.78 is 5.44. The smallest absolute Gasteiger partial charge is 0.271 e. The van der Waals surface area contributed by atoms with Gasteiger partial charge in [-0.25, -0.2) is 10.5 Å². The van der Waals surface area contributed by atoms with Crippen molar-refractivity contribution in [3.05, 3.63) is 59.7 Å². The Labute approximate surface area is 141 Å². The maximum absolute atomic E-state index is 11.4. The standard InChI is InChI=1S/C19H20N2O3/c1-2-3-13-4-6-14(7-5-13)15-8-10-16(11-9-15)19-20-17(12-24-19)18(22)21-23/h4-11,17,23H,2-3,12H2,1H3,(H,21,22). The second kappa shape index (κ2) is 7.27. The van der Waals surface area contributed by atoms with Gasteiger partial charge in [-0.2, -0.15) is 0 Å². The molecular weight excluding hydrogens is 304 g/mol. The number of benzene rings is 2. The van der Waals surface area contributed by atoms with Crippen LogP contribution in [0.15, 0.2) is 53.5 Å². The molecule has 0 aromatic heterocycles. The minimum atomic E-state index is -0.698. The van der Waals surface area contributed by atoms with Gasteiger partial charge in [0.25, 0.3) is 5.91 Å². The Morgan fingerprint density at radius 2 is 1.71 bits per heavy atom. The van der Waals surface area contributed by atoms with Crippen LogP contribution in [0.2, 0.25) is 0 Å². The molecule has 1 amide bonds. The number of aryl methyl sites for hydroxylation is 1. The molecule has 1 heterocycles. The van der Waals surface area contributed by atoms with E-state index in [0.29, 0.717) is 5.90 Å². The summed E-state index contributed by atoms with van der Waals surface area (Å²) in [5.41, 5.74) is 6.03. The third kappa shape index (κ3) is 3.46. The number of amides is 1. The van der Waals surface area contributed by atoms with E-state index in [0.717, 1.165) is 29.5 Å². The second-order valence-electron chi connectivity index (χ2n) is 5.76. The van der Waals surface area contributed by atoms with Crippen LogP contribution in [0.1, 0.15) is 24.5 Å². The van der Waals surface area contributed by atoms with Gasteiger partial charge in [0.2, 0.25) is 5.90 Å². The average molecular weight is 324 g/mol. The van der Waals surface area contributed by atoms with Gasteiger partial charge in [-0.05, 0) is 35.2 Å². The lowest BCUT2D eigenvalue weighted by Crippen LogP contribution is -2.31. The van der Waals surface area contributed by atoms with Crippen molar-refractivity contribution in [2.45, 2.75) is 25.8 Å². The average Bonchev–Trinajstić information content (AvgIpc) is 3.12. The van der Waals surface area contributed by atoms with Crippen LogP contribution in [0.5, 0.6) is 0 Å². The molecular formula is C19H20N2O3. The molecule has 0 aliphatic carbocycles. The number of ether oxygens (including phenoxy) is 1. The Morgan fingerprint density at radius 1 is 1.12 bits per heavy atom. The van der Waals surface area contributed by atoms with E-state index in [1.165, 1.54) is 5.56 Å². The van der Waals surface area contributed by atoms with E-state index < -0.39 is 11.9 Å². The van der Waals surface area contributed by atoms with Crippen molar-refractivity contribution < 1.29 is 14.7 Å². The van der Waals surface area contributed by atoms with Crippen molar-refractivity contribution in [2.24, 2.45) is 4.99 Å². The van der Waals surface area contributed by atoms with Crippen LogP contribution in [0, 0.1) is 0 Å². The molecule has 1 aliphatic heterocycles. The van der Waals surface area contributed by atoms with Crippen LogP contribution in [-0.4, -0.2) is 29.7 Å². The number of hydrogen-bond acceptors (Lipinski definition) is 4. The summed E-state index contributed by atoms with van der Waals surface area (Å²) in [6.07, 6.45) is 2.24. The molecule has 124 valence electrons. The Hall–Kier alpha value is -2.66. The van der Waals surface area contributed by atoms with Crippen molar-refractivity contribution in [3.63, 3.8) is 0 Å². The summed E-state index contributed by atoms with van der Waals surface area (Å²) in [5.74, 6) is -0.137. The summed E-state index contributed by atoms with van der Waals surface area (Å²) in [5, 5.41) is 8.64. The fraction of sp³-hybridized carbons (Fsp3) is 0.263. The minimum absolute atomic E-state index is 0.141. The second-order valence-corrected chi connectivity index (χ2v) is 5.76. The van der Waals surface area contributed by atoms with Gasteiger partial charge in [0.1, 0.15) is 6.61 Å². The largest absolute Gasteiger partial charge is 0.475 e. The van der Waals surface area contributed by atoms with Crippen LogP contribution >= 0.6 is 0 Å². The molecule has 1 aliphatic rings. The Bertz CT molecular complexity index is 736. The first kappa shape index (κ1) is 16.2. The zero-order chi connectivity index (χ0) is 16.9. The fourth-order valence-corrected chi connectivity index (χ4v) is 2.70. The van der Waals surface area contributed by atoms with Crippen LogP contribution in [0.25, 0.3) is 11.1 Å². The predicted molar refractivity (Wildman–Crippen MR) is 92.1 cm³/mol. The van der Waals surface area contributed by atoms with Crippen molar-refractivity contribution in [3.8, 4) is 11.1 Å². The van der Waals surface area contributed by atoms with Gasteiger partial charge in [-0.1, -0.05) is 49.7 Å². The van der Waals surface area contributed by atoms with Crippen molar-refractivity contribution in [1.29, 1.82) is 0 Å². The first-order valence-electron chi connectivity index (χ1n) is 8.05. The number of carbonyl (C=O) groups is 1. The number of nitrogens with zero attached hydrogens (tertiary/aromatic N) is 1. The Balaban J connectivity index is 1.75. The van der Waals surface area contributed by atoms with E-state index in [4.69, 9.17) is 9.94 Å². The molecule has 3 rings (SSSR count). The predicted octanol–water partition coefficient (Wildman–Crippen LogP) is 2.96. The van der Waals surface area contributed by atoms with Gasteiger partial charge in [0, 0.05) is 5.56 Å². The lowest BCUT2D eigenvalue weighted by molar-refractivity contribution is -0.130. The summed E-state index contributed by atoms with van der Waals surface area (Å²) >= 11 is 0. The van der Waals surface area contributed by atoms with Gasteiger partial charge in [0.05, 0.1) is 0 Å². The summed E-state index contributed by atoms with van der Waals surface area (Å²) in [6.45, 7) is 2.32. The molecule has 5 heteroatoms. The molecule has 0 saturated carbocycles. The summed E-state index contributed by atoms with van der Waals surface area (Å²) in [7, 11) is 0. The fourth-order valence-electron chi connectivity index (χ4n) is 2.70. The number of aliphatic imine (C=N–C) groups is 1. The van der Waals surface area contributed by atoms with Crippen molar-refractivity contribution in [2.75, 3.05) is 6.61 Å². The third-order valence-corrected chi connectivity index (χ3v) is 4.02. The van der Waals surface area contributed by atoms with Crippen LogP contribution in [-0.2, 0) is 16.0 Å². The number of carbonyl (C=O) groups excluding carboxylic acids is 1. The van der Waals surface area contributed by atoms with Crippen LogP contribution < -0.4 is 5.48 Å². The lowest BCUT2D eigenvalue weighted by atomic mass is 10.0. The van der Waals surface area contributed by atoms with Gasteiger partial charge in [-0.15, -0.1) is 0 Å². The summed E-state index contributed by atoms with van der Waals surface area (Å²) in [6, 6.07) is 15.8. The molecule has 1 atom stereocenters. The Morgan fingerprint density at radius 3 is 2.29 bits per heavy atom. The highest BCUT2D eigenvalue weighted by Crippen LogP contribution is 2.22. The molecule has 0 bridgehead atoms. The third-order valence-electron chi connectivity index (χ3n) is 4.02.